The fourth-order valence-corrected chi connectivity index (χ4v) is 2.19. The average Bonchev–Trinajstić information content (AvgIpc) is 2.45. The first-order valence-corrected chi connectivity index (χ1v) is 6.98. The van der Waals surface area contributed by atoms with E-state index in [2.05, 4.69) is 5.32 Å². The smallest absolute Gasteiger partial charge is 0.305 e. The van der Waals surface area contributed by atoms with Crippen LogP contribution in [0.1, 0.15) is 31.9 Å². The van der Waals surface area contributed by atoms with E-state index in [-0.39, 0.29) is 18.2 Å². The van der Waals surface area contributed by atoms with Crippen molar-refractivity contribution in [3.05, 3.63) is 48.0 Å². The third-order valence-electron chi connectivity index (χ3n) is 3.40. The minimum absolute atomic E-state index is 0.128. The summed E-state index contributed by atoms with van der Waals surface area (Å²) < 4.78 is 0. The van der Waals surface area contributed by atoms with Gasteiger partial charge in [0.25, 0.3) is 0 Å². The van der Waals surface area contributed by atoms with E-state index in [0.717, 1.165) is 16.3 Å². The van der Waals surface area contributed by atoms with Gasteiger partial charge in [0.05, 0.1) is 12.5 Å². The highest BCUT2D eigenvalue weighted by Crippen LogP contribution is 2.23. The zero-order chi connectivity index (χ0) is 15.4. The largest absolute Gasteiger partial charge is 0.481 e. The molecular formula is C17H19NO3. The maximum Gasteiger partial charge on any atom is 0.305 e. The van der Waals surface area contributed by atoms with Crippen molar-refractivity contribution < 1.29 is 14.7 Å². The Morgan fingerprint density at radius 3 is 2.38 bits per heavy atom. The topological polar surface area (TPSA) is 66.4 Å². The number of carbonyl (C=O) groups excluding carboxylic acids is 1. The summed E-state index contributed by atoms with van der Waals surface area (Å²) in [7, 11) is 0. The molecule has 0 saturated carbocycles. The summed E-state index contributed by atoms with van der Waals surface area (Å²) in [6, 6.07) is 13.1. The van der Waals surface area contributed by atoms with Crippen LogP contribution in [-0.2, 0) is 9.59 Å². The molecule has 0 unspecified atom stereocenters. The first kappa shape index (κ1) is 15.0. The molecule has 2 aromatic carbocycles. The van der Waals surface area contributed by atoms with Crippen LogP contribution in [0.25, 0.3) is 10.8 Å². The van der Waals surface area contributed by atoms with Crippen LogP contribution in [0.15, 0.2) is 42.5 Å². The number of hydrogen-bond acceptors (Lipinski definition) is 2. The molecule has 2 rings (SSSR count). The molecule has 0 bridgehead atoms. The van der Waals surface area contributed by atoms with Crippen molar-refractivity contribution in [3.63, 3.8) is 0 Å². The van der Waals surface area contributed by atoms with Gasteiger partial charge in [-0.2, -0.15) is 0 Å². The maximum atomic E-state index is 11.9. The number of amides is 1. The number of carboxylic acids is 1. The van der Waals surface area contributed by atoms with Gasteiger partial charge in [-0.15, -0.1) is 0 Å². The quantitative estimate of drug-likeness (QED) is 0.887. The van der Waals surface area contributed by atoms with Crippen LogP contribution in [0.2, 0.25) is 0 Å². The van der Waals surface area contributed by atoms with Gasteiger partial charge in [0, 0.05) is 5.92 Å². The van der Waals surface area contributed by atoms with Gasteiger partial charge in [-0.05, 0) is 22.4 Å². The Hall–Kier alpha value is -2.36. The number of rotatable bonds is 5. The van der Waals surface area contributed by atoms with Crippen molar-refractivity contribution in [1.82, 2.24) is 5.32 Å². The number of carbonyl (C=O) groups is 2. The van der Waals surface area contributed by atoms with Gasteiger partial charge in [-0.1, -0.05) is 50.2 Å². The number of carboxylic acid groups (broad SMARTS) is 1. The summed E-state index contributed by atoms with van der Waals surface area (Å²) >= 11 is 0. The Kier molecular flexibility index (Phi) is 4.58. The van der Waals surface area contributed by atoms with E-state index >= 15 is 0 Å². The Morgan fingerprint density at radius 2 is 1.76 bits per heavy atom. The highest BCUT2D eigenvalue weighted by atomic mass is 16.4. The minimum atomic E-state index is -0.933. The van der Waals surface area contributed by atoms with Gasteiger partial charge >= 0.3 is 5.97 Å². The molecule has 1 amide bonds. The lowest BCUT2D eigenvalue weighted by Gasteiger charge is -2.19. The molecule has 4 nitrogen and oxygen atoms in total. The van der Waals surface area contributed by atoms with E-state index in [0.29, 0.717) is 0 Å². The Labute approximate surface area is 123 Å². The van der Waals surface area contributed by atoms with E-state index in [4.69, 9.17) is 5.11 Å². The predicted octanol–water partition coefficient (Wildman–Crippen LogP) is 3.13. The van der Waals surface area contributed by atoms with Crippen LogP contribution in [0.4, 0.5) is 0 Å². The lowest BCUT2D eigenvalue weighted by atomic mass is 9.99. The Morgan fingerprint density at radius 1 is 1.10 bits per heavy atom. The molecular weight excluding hydrogens is 266 g/mol. The van der Waals surface area contributed by atoms with Crippen LogP contribution in [0, 0.1) is 5.92 Å². The molecule has 0 fully saturated rings. The molecule has 0 radical (unpaired) electrons. The molecule has 110 valence electrons. The summed E-state index contributed by atoms with van der Waals surface area (Å²) in [6.07, 6.45) is -0.128. The summed E-state index contributed by atoms with van der Waals surface area (Å²) in [5.74, 6) is -1.26. The van der Waals surface area contributed by atoms with Crippen LogP contribution in [0.3, 0.4) is 0 Å². The standard InChI is InChI=1S/C17H19NO3/c1-11(2)17(21)18-15(10-16(19)20)14-8-7-12-5-3-4-6-13(12)9-14/h3-9,11,15H,10H2,1-2H3,(H,18,21)(H,19,20)/t15-/m0/s1. The summed E-state index contributed by atoms with van der Waals surface area (Å²) in [6.45, 7) is 3.57. The highest BCUT2D eigenvalue weighted by Gasteiger charge is 2.19. The van der Waals surface area contributed by atoms with Crippen molar-refractivity contribution in [2.75, 3.05) is 0 Å². The van der Waals surface area contributed by atoms with Gasteiger partial charge in [-0.3, -0.25) is 9.59 Å². The van der Waals surface area contributed by atoms with Gasteiger partial charge in [0.1, 0.15) is 0 Å². The molecule has 0 aliphatic heterocycles. The predicted molar refractivity (Wildman–Crippen MR) is 81.9 cm³/mol. The fraction of sp³-hybridized carbons (Fsp3) is 0.294. The monoisotopic (exact) mass is 285 g/mol. The highest BCUT2D eigenvalue weighted by molar-refractivity contribution is 5.84. The van der Waals surface area contributed by atoms with Crippen LogP contribution in [0.5, 0.6) is 0 Å². The SMILES string of the molecule is CC(C)C(=O)N[C@@H](CC(=O)O)c1ccc2ccccc2c1. The molecule has 0 spiro atoms. The number of aliphatic carboxylic acids is 1. The molecule has 0 aliphatic rings. The summed E-state index contributed by atoms with van der Waals surface area (Å²) in [5, 5.41) is 14.0. The van der Waals surface area contributed by atoms with Gasteiger partial charge < -0.3 is 10.4 Å². The van der Waals surface area contributed by atoms with Crippen LogP contribution >= 0.6 is 0 Å². The molecule has 2 N–H and O–H groups in total. The normalized spacial score (nSPS) is 12.3. The van der Waals surface area contributed by atoms with Crippen molar-refractivity contribution in [3.8, 4) is 0 Å². The van der Waals surface area contributed by atoms with E-state index in [1.54, 1.807) is 13.8 Å². The van der Waals surface area contributed by atoms with Crippen molar-refractivity contribution >= 4 is 22.6 Å². The molecule has 0 aliphatic carbocycles. The first-order chi connectivity index (χ1) is 9.97. The summed E-state index contributed by atoms with van der Waals surface area (Å²) in [4.78, 5) is 22.9. The van der Waals surface area contributed by atoms with E-state index in [9.17, 15) is 9.59 Å². The van der Waals surface area contributed by atoms with Crippen molar-refractivity contribution in [2.45, 2.75) is 26.3 Å². The number of benzene rings is 2. The average molecular weight is 285 g/mol. The number of fused-ring (bicyclic) bond motifs is 1. The molecule has 0 saturated heterocycles. The Balaban J connectivity index is 2.33. The maximum absolute atomic E-state index is 11.9. The second-order valence-corrected chi connectivity index (χ2v) is 5.42. The van der Waals surface area contributed by atoms with E-state index in [1.807, 2.05) is 42.5 Å². The first-order valence-electron chi connectivity index (χ1n) is 6.98. The van der Waals surface area contributed by atoms with Gasteiger partial charge in [0.15, 0.2) is 0 Å². The van der Waals surface area contributed by atoms with Crippen molar-refractivity contribution in [2.24, 2.45) is 5.92 Å². The summed E-state index contributed by atoms with van der Waals surface area (Å²) in [5.41, 5.74) is 0.810. The lowest BCUT2D eigenvalue weighted by molar-refractivity contribution is -0.137. The minimum Gasteiger partial charge on any atom is -0.481 e. The second-order valence-electron chi connectivity index (χ2n) is 5.42. The zero-order valence-corrected chi connectivity index (χ0v) is 12.2. The molecule has 4 heteroatoms. The van der Waals surface area contributed by atoms with Crippen molar-refractivity contribution in [1.29, 1.82) is 0 Å². The van der Waals surface area contributed by atoms with Gasteiger partial charge in [0.2, 0.25) is 5.91 Å². The third kappa shape index (κ3) is 3.81. The van der Waals surface area contributed by atoms with Crippen LogP contribution in [-0.4, -0.2) is 17.0 Å². The zero-order valence-electron chi connectivity index (χ0n) is 12.2. The van der Waals surface area contributed by atoms with E-state index < -0.39 is 12.0 Å². The van der Waals surface area contributed by atoms with E-state index in [1.165, 1.54) is 0 Å². The lowest BCUT2D eigenvalue weighted by Crippen LogP contribution is -2.33. The van der Waals surface area contributed by atoms with Gasteiger partial charge in [-0.25, -0.2) is 0 Å². The fourth-order valence-electron chi connectivity index (χ4n) is 2.19. The van der Waals surface area contributed by atoms with Crippen LogP contribution < -0.4 is 5.32 Å². The molecule has 2 aromatic rings. The Bertz CT molecular complexity index is 664. The second kappa shape index (κ2) is 6.39. The number of hydrogen-bond donors (Lipinski definition) is 2. The molecule has 21 heavy (non-hydrogen) atoms. The molecule has 0 heterocycles. The number of nitrogens with one attached hydrogen (secondary N) is 1. The third-order valence-corrected chi connectivity index (χ3v) is 3.40. The molecule has 0 aromatic heterocycles. The molecule has 1 atom stereocenters.